The Bertz CT molecular complexity index is 593. The summed E-state index contributed by atoms with van der Waals surface area (Å²) < 4.78 is 5.69. The lowest BCUT2D eigenvalue weighted by Gasteiger charge is -2.57. The van der Waals surface area contributed by atoms with E-state index in [0.717, 1.165) is 5.56 Å². The fourth-order valence-corrected chi connectivity index (χ4v) is 3.28. The molecule has 1 fully saturated rings. The summed E-state index contributed by atoms with van der Waals surface area (Å²) in [6.07, 6.45) is 0.618. The minimum Gasteiger partial charge on any atom is -0.378 e. The normalized spacial score (nSPS) is 24.8. The van der Waals surface area contributed by atoms with E-state index in [1.165, 1.54) is 5.56 Å². The summed E-state index contributed by atoms with van der Waals surface area (Å²) >= 11 is 0. The summed E-state index contributed by atoms with van der Waals surface area (Å²) in [6, 6.07) is 8.38. The zero-order valence-electron chi connectivity index (χ0n) is 16.3. The van der Waals surface area contributed by atoms with Gasteiger partial charge in [0.15, 0.2) is 0 Å². The first-order valence-electron chi connectivity index (χ1n) is 8.80. The molecule has 1 saturated carbocycles. The molecule has 1 amide bonds. The molecule has 2 unspecified atom stereocenters. The van der Waals surface area contributed by atoms with Gasteiger partial charge in [-0.05, 0) is 23.5 Å². The molecule has 0 saturated heterocycles. The van der Waals surface area contributed by atoms with E-state index in [9.17, 15) is 4.79 Å². The molecule has 0 bridgehead atoms. The van der Waals surface area contributed by atoms with Gasteiger partial charge in [0.25, 0.3) is 0 Å². The molecule has 25 heavy (non-hydrogen) atoms. The Morgan fingerprint density at radius 1 is 1.28 bits per heavy atom. The number of benzene rings is 1. The number of carbonyl (C=O) groups is 1. The van der Waals surface area contributed by atoms with Crippen molar-refractivity contribution in [3.63, 3.8) is 0 Å². The van der Waals surface area contributed by atoms with E-state index in [1.807, 2.05) is 20.8 Å². The number of carbonyl (C=O) groups excluding carboxylic acids is 1. The van der Waals surface area contributed by atoms with Gasteiger partial charge in [-0.3, -0.25) is 4.79 Å². The van der Waals surface area contributed by atoms with Gasteiger partial charge in [-0.15, -0.1) is 12.4 Å². The molecule has 0 radical (unpaired) electrons. The highest BCUT2D eigenvalue weighted by atomic mass is 35.5. The maximum absolute atomic E-state index is 12.6. The number of hydrogen-bond acceptors (Lipinski definition) is 3. The van der Waals surface area contributed by atoms with Crippen molar-refractivity contribution in [2.75, 3.05) is 6.61 Å². The van der Waals surface area contributed by atoms with Gasteiger partial charge in [0.2, 0.25) is 5.91 Å². The van der Waals surface area contributed by atoms with Crippen LogP contribution in [-0.4, -0.2) is 24.2 Å². The molecule has 0 heterocycles. The third-order valence-electron chi connectivity index (χ3n) is 5.51. The fourth-order valence-electron chi connectivity index (χ4n) is 3.28. The van der Waals surface area contributed by atoms with Crippen LogP contribution >= 0.6 is 12.4 Å². The molecule has 2 rings (SSSR count). The van der Waals surface area contributed by atoms with E-state index < -0.39 is 5.54 Å². The number of amides is 1. The molecular formula is C20H33ClN2O2. The largest absolute Gasteiger partial charge is 0.378 e. The van der Waals surface area contributed by atoms with Crippen molar-refractivity contribution in [1.82, 2.24) is 5.32 Å². The fraction of sp³-hybridized carbons (Fsp3) is 0.650. The molecular weight excluding hydrogens is 336 g/mol. The van der Waals surface area contributed by atoms with Crippen LogP contribution in [0.1, 0.15) is 59.1 Å². The van der Waals surface area contributed by atoms with Crippen molar-refractivity contribution < 1.29 is 9.53 Å². The summed E-state index contributed by atoms with van der Waals surface area (Å²) in [5.41, 5.74) is 7.68. The van der Waals surface area contributed by atoms with E-state index in [1.54, 1.807) is 0 Å². The molecule has 5 heteroatoms. The first-order chi connectivity index (χ1) is 11.0. The lowest BCUT2D eigenvalue weighted by Crippen LogP contribution is -2.75. The van der Waals surface area contributed by atoms with Gasteiger partial charge in [-0.2, -0.15) is 0 Å². The summed E-state index contributed by atoms with van der Waals surface area (Å²) in [7, 11) is 0. The van der Waals surface area contributed by atoms with E-state index >= 15 is 0 Å². The molecule has 1 aliphatic carbocycles. The minimum atomic E-state index is -0.863. The molecule has 1 aromatic carbocycles. The van der Waals surface area contributed by atoms with Crippen molar-refractivity contribution in [1.29, 1.82) is 0 Å². The Balaban J connectivity index is 0.00000312. The zero-order chi connectivity index (χ0) is 18.2. The molecule has 0 spiro atoms. The number of rotatable bonds is 5. The highest BCUT2D eigenvalue weighted by molar-refractivity contribution is 5.88. The second-order valence-electron chi connectivity index (χ2n) is 8.47. The van der Waals surface area contributed by atoms with Gasteiger partial charge in [-0.25, -0.2) is 0 Å². The van der Waals surface area contributed by atoms with Crippen LogP contribution in [0.5, 0.6) is 0 Å². The first kappa shape index (κ1) is 21.9. The Labute approximate surface area is 158 Å². The van der Waals surface area contributed by atoms with E-state index in [4.69, 9.17) is 10.5 Å². The molecule has 1 aromatic rings. The maximum atomic E-state index is 12.6. The van der Waals surface area contributed by atoms with Gasteiger partial charge in [0.1, 0.15) is 5.54 Å². The van der Waals surface area contributed by atoms with Gasteiger partial charge >= 0.3 is 0 Å². The number of nitrogens with one attached hydrogen (secondary N) is 1. The predicted octanol–water partition coefficient (Wildman–Crippen LogP) is 3.55. The summed E-state index contributed by atoms with van der Waals surface area (Å²) in [6.45, 7) is 13.7. The number of hydrogen-bond donors (Lipinski definition) is 2. The molecule has 0 aromatic heterocycles. The van der Waals surface area contributed by atoms with Crippen molar-refractivity contribution in [3.8, 4) is 0 Å². The Hall–Kier alpha value is -1.10. The smallest absolute Gasteiger partial charge is 0.241 e. The highest BCUT2D eigenvalue weighted by Gasteiger charge is 2.62. The van der Waals surface area contributed by atoms with Crippen LogP contribution in [0.4, 0.5) is 0 Å². The Morgan fingerprint density at radius 2 is 1.84 bits per heavy atom. The zero-order valence-corrected chi connectivity index (χ0v) is 17.1. The van der Waals surface area contributed by atoms with Crippen LogP contribution in [0.3, 0.4) is 0 Å². The van der Waals surface area contributed by atoms with Crippen LogP contribution in [-0.2, 0) is 21.5 Å². The predicted molar refractivity (Wildman–Crippen MR) is 105 cm³/mol. The molecule has 3 N–H and O–H groups in total. The number of ether oxygens (including phenoxy) is 1. The van der Waals surface area contributed by atoms with Gasteiger partial charge in [0, 0.05) is 25.0 Å². The standard InChI is InChI=1S/C20H32N2O2.ClH/c1-7-24-16-12-20(21,19(16,5)6)17(23)22-13-14-8-10-15(11-9-14)18(2,3)4;/h8-11,16H,7,12-13,21H2,1-6H3,(H,22,23);1H. The maximum Gasteiger partial charge on any atom is 0.241 e. The monoisotopic (exact) mass is 368 g/mol. The van der Waals surface area contributed by atoms with E-state index in [-0.39, 0.29) is 35.2 Å². The van der Waals surface area contributed by atoms with Crippen LogP contribution in [0.2, 0.25) is 0 Å². The Kier molecular flexibility index (Phi) is 6.71. The van der Waals surface area contributed by atoms with Crippen LogP contribution < -0.4 is 11.1 Å². The molecule has 1 aliphatic rings. The topological polar surface area (TPSA) is 64.3 Å². The van der Waals surface area contributed by atoms with Crippen molar-refractivity contribution in [2.45, 2.75) is 71.6 Å². The molecule has 2 atom stereocenters. The van der Waals surface area contributed by atoms with E-state index in [0.29, 0.717) is 19.6 Å². The third kappa shape index (κ3) is 4.18. The second-order valence-corrected chi connectivity index (χ2v) is 8.47. The van der Waals surface area contributed by atoms with Gasteiger partial charge in [0.05, 0.1) is 6.10 Å². The van der Waals surface area contributed by atoms with Crippen molar-refractivity contribution >= 4 is 18.3 Å². The summed E-state index contributed by atoms with van der Waals surface area (Å²) in [5.74, 6) is -0.0941. The summed E-state index contributed by atoms with van der Waals surface area (Å²) in [5, 5.41) is 3.00. The van der Waals surface area contributed by atoms with Crippen molar-refractivity contribution in [2.24, 2.45) is 11.1 Å². The summed E-state index contributed by atoms with van der Waals surface area (Å²) in [4.78, 5) is 12.6. The van der Waals surface area contributed by atoms with Crippen LogP contribution in [0.15, 0.2) is 24.3 Å². The van der Waals surface area contributed by atoms with Gasteiger partial charge in [-0.1, -0.05) is 58.9 Å². The quantitative estimate of drug-likeness (QED) is 0.835. The van der Waals surface area contributed by atoms with Gasteiger partial charge < -0.3 is 15.8 Å². The third-order valence-corrected chi connectivity index (χ3v) is 5.51. The minimum absolute atomic E-state index is 0. The first-order valence-corrected chi connectivity index (χ1v) is 8.80. The number of nitrogens with two attached hydrogens (primary N) is 1. The highest BCUT2D eigenvalue weighted by Crippen LogP contribution is 2.49. The van der Waals surface area contributed by atoms with Crippen molar-refractivity contribution in [3.05, 3.63) is 35.4 Å². The lowest BCUT2D eigenvalue weighted by atomic mass is 9.54. The van der Waals surface area contributed by atoms with E-state index in [2.05, 4.69) is 50.4 Å². The van der Waals surface area contributed by atoms with Crippen LogP contribution in [0, 0.1) is 5.41 Å². The molecule has 4 nitrogen and oxygen atoms in total. The lowest BCUT2D eigenvalue weighted by molar-refractivity contribution is -0.170. The molecule has 142 valence electrons. The average Bonchev–Trinajstić information content (AvgIpc) is 2.51. The SMILES string of the molecule is CCOC1CC(N)(C(=O)NCc2ccc(C(C)(C)C)cc2)C1(C)C.Cl. The second kappa shape index (κ2) is 7.65. The Morgan fingerprint density at radius 3 is 2.28 bits per heavy atom. The van der Waals surface area contributed by atoms with Crippen LogP contribution in [0.25, 0.3) is 0 Å². The average molecular weight is 369 g/mol. The number of halogens is 1. The molecule has 0 aliphatic heterocycles.